The van der Waals surface area contributed by atoms with E-state index in [0.717, 1.165) is 12.8 Å². The molecule has 0 aromatic heterocycles. The fraction of sp³-hybridized carbons (Fsp3) is 0.900. The van der Waals surface area contributed by atoms with Crippen LogP contribution in [0.5, 0.6) is 0 Å². The fourth-order valence-electron chi connectivity index (χ4n) is 1.80. The van der Waals surface area contributed by atoms with Gasteiger partial charge < -0.3 is 5.32 Å². The molecule has 2 nitrogen and oxygen atoms in total. The third kappa shape index (κ3) is 1.84. The van der Waals surface area contributed by atoms with Crippen molar-refractivity contribution in [1.29, 1.82) is 0 Å². The Morgan fingerprint density at radius 2 is 2.23 bits per heavy atom. The van der Waals surface area contributed by atoms with Gasteiger partial charge in [-0.05, 0) is 31.6 Å². The molecule has 2 aliphatic carbocycles. The van der Waals surface area contributed by atoms with E-state index in [1.54, 1.807) is 0 Å². The van der Waals surface area contributed by atoms with Crippen LogP contribution in [0.3, 0.4) is 0 Å². The van der Waals surface area contributed by atoms with Crippen LogP contribution in [0.4, 0.5) is 4.39 Å². The topological polar surface area (TPSA) is 29.1 Å². The molecule has 0 aromatic rings. The summed E-state index contributed by atoms with van der Waals surface area (Å²) in [6, 6.07) is 0. The van der Waals surface area contributed by atoms with E-state index in [9.17, 15) is 9.18 Å². The molecule has 2 fully saturated rings. The highest BCUT2D eigenvalue weighted by atomic mass is 19.1. The maximum Gasteiger partial charge on any atom is 0.223 e. The van der Waals surface area contributed by atoms with Crippen molar-refractivity contribution in [3.8, 4) is 0 Å². The maximum atomic E-state index is 13.4. The molecule has 0 bridgehead atoms. The van der Waals surface area contributed by atoms with Gasteiger partial charge in [0.05, 0.1) is 6.54 Å². The van der Waals surface area contributed by atoms with Gasteiger partial charge in [0.2, 0.25) is 5.91 Å². The second kappa shape index (κ2) is 2.96. The van der Waals surface area contributed by atoms with Gasteiger partial charge in [0.1, 0.15) is 5.67 Å². The second-order valence-electron chi connectivity index (χ2n) is 4.54. The van der Waals surface area contributed by atoms with Crippen LogP contribution in [0.1, 0.15) is 32.6 Å². The first-order valence-corrected chi connectivity index (χ1v) is 5.07. The van der Waals surface area contributed by atoms with Crippen molar-refractivity contribution < 1.29 is 9.18 Å². The summed E-state index contributed by atoms with van der Waals surface area (Å²) in [5.74, 6) is 0.733. The van der Waals surface area contributed by atoms with E-state index in [2.05, 4.69) is 12.2 Å². The molecule has 3 heteroatoms. The van der Waals surface area contributed by atoms with Gasteiger partial charge in [-0.1, -0.05) is 6.92 Å². The molecule has 0 saturated heterocycles. The lowest BCUT2D eigenvalue weighted by Gasteiger charge is -2.33. The van der Waals surface area contributed by atoms with Gasteiger partial charge in [0.15, 0.2) is 0 Å². The number of nitrogens with one attached hydrogen (secondary N) is 1. The van der Waals surface area contributed by atoms with Crippen molar-refractivity contribution in [1.82, 2.24) is 5.32 Å². The van der Waals surface area contributed by atoms with Crippen LogP contribution >= 0.6 is 0 Å². The minimum absolute atomic E-state index is 0.0522. The van der Waals surface area contributed by atoms with Crippen LogP contribution in [-0.2, 0) is 4.79 Å². The number of hydrogen-bond acceptors (Lipinski definition) is 1. The van der Waals surface area contributed by atoms with Crippen molar-refractivity contribution in [2.75, 3.05) is 6.54 Å². The van der Waals surface area contributed by atoms with Crippen LogP contribution in [0.15, 0.2) is 0 Å². The standard InChI is InChI=1S/C10H16FNO/c1-7-5-8(7)9(13)12-6-10(11)3-2-4-10/h7-8H,2-6H2,1H3,(H,12,13)/t7-,8-/m1/s1. The lowest BCUT2D eigenvalue weighted by Crippen LogP contribution is -2.44. The predicted molar refractivity (Wildman–Crippen MR) is 48.0 cm³/mol. The number of carbonyl (C=O) groups is 1. The molecule has 0 spiro atoms. The minimum atomic E-state index is -1.08. The zero-order valence-corrected chi connectivity index (χ0v) is 7.98. The average molecular weight is 185 g/mol. The SMILES string of the molecule is C[C@@H]1C[C@H]1C(=O)NCC1(F)CCC1. The Labute approximate surface area is 77.9 Å². The van der Waals surface area contributed by atoms with Gasteiger partial charge in [-0.25, -0.2) is 4.39 Å². The molecule has 0 unspecified atom stereocenters. The Morgan fingerprint density at radius 1 is 1.62 bits per heavy atom. The third-order valence-corrected chi connectivity index (χ3v) is 3.28. The first-order chi connectivity index (χ1) is 6.11. The van der Waals surface area contributed by atoms with E-state index in [0.29, 0.717) is 18.8 Å². The lowest BCUT2D eigenvalue weighted by molar-refractivity contribution is -0.123. The zero-order valence-electron chi connectivity index (χ0n) is 7.98. The first kappa shape index (κ1) is 8.97. The monoisotopic (exact) mass is 185 g/mol. The van der Waals surface area contributed by atoms with E-state index in [-0.39, 0.29) is 18.4 Å². The van der Waals surface area contributed by atoms with Gasteiger partial charge in [-0.15, -0.1) is 0 Å². The molecule has 0 heterocycles. The molecule has 2 saturated carbocycles. The van der Waals surface area contributed by atoms with Crippen molar-refractivity contribution in [2.45, 2.75) is 38.3 Å². The Bertz CT molecular complexity index is 225. The summed E-state index contributed by atoms with van der Waals surface area (Å²) < 4.78 is 13.4. The zero-order chi connectivity index (χ0) is 9.47. The smallest absolute Gasteiger partial charge is 0.223 e. The third-order valence-electron chi connectivity index (χ3n) is 3.28. The Hall–Kier alpha value is -0.600. The highest BCUT2D eigenvalue weighted by molar-refractivity contribution is 5.81. The predicted octanol–water partition coefficient (Wildman–Crippen LogP) is 1.65. The van der Waals surface area contributed by atoms with Gasteiger partial charge >= 0.3 is 0 Å². The summed E-state index contributed by atoms with van der Waals surface area (Å²) >= 11 is 0. The molecule has 74 valence electrons. The lowest BCUT2D eigenvalue weighted by atomic mass is 9.82. The summed E-state index contributed by atoms with van der Waals surface area (Å²) in [6.07, 6.45) is 3.18. The molecule has 2 aliphatic rings. The normalized spacial score (nSPS) is 34.9. The van der Waals surface area contributed by atoms with Crippen molar-refractivity contribution in [3.05, 3.63) is 0 Å². The summed E-state index contributed by atoms with van der Waals surface area (Å²) in [5, 5.41) is 2.70. The molecule has 1 N–H and O–H groups in total. The van der Waals surface area contributed by atoms with E-state index in [4.69, 9.17) is 0 Å². The van der Waals surface area contributed by atoms with Gasteiger partial charge in [-0.3, -0.25) is 4.79 Å². The molecule has 2 atom stereocenters. The van der Waals surface area contributed by atoms with E-state index >= 15 is 0 Å². The Kier molecular flexibility index (Phi) is 2.05. The van der Waals surface area contributed by atoms with Gasteiger partial charge in [0, 0.05) is 5.92 Å². The number of alkyl halides is 1. The number of amides is 1. The number of carbonyl (C=O) groups excluding carboxylic acids is 1. The summed E-state index contributed by atoms with van der Waals surface area (Å²) in [6.45, 7) is 2.29. The molecular weight excluding hydrogens is 169 g/mol. The Balaban J connectivity index is 1.70. The molecule has 0 radical (unpaired) electrons. The van der Waals surface area contributed by atoms with Gasteiger partial charge in [-0.2, -0.15) is 0 Å². The van der Waals surface area contributed by atoms with Crippen molar-refractivity contribution in [2.24, 2.45) is 11.8 Å². The Morgan fingerprint density at radius 3 is 2.62 bits per heavy atom. The molecule has 1 amide bonds. The van der Waals surface area contributed by atoms with Crippen LogP contribution in [0, 0.1) is 11.8 Å². The highest BCUT2D eigenvalue weighted by Crippen LogP contribution is 2.38. The van der Waals surface area contributed by atoms with E-state index in [1.165, 1.54) is 0 Å². The maximum absolute atomic E-state index is 13.4. The highest BCUT2D eigenvalue weighted by Gasteiger charge is 2.41. The molecule has 13 heavy (non-hydrogen) atoms. The second-order valence-corrected chi connectivity index (χ2v) is 4.54. The molecular formula is C10H16FNO. The largest absolute Gasteiger partial charge is 0.353 e. The van der Waals surface area contributed by atoms with Crippen molar-refractivity contribution >= 4 is 5.91 Å². The summed E-state index contributed by atoms with van der Waals surface area (Å²) in [7, 11) is 0. The van der Waals surface area contributed by atoms with Crippen LogP contribution < -0.4 is 5.32 Å². The van der Waals surface area contributed by atoms with Crippen molar-refractivity contribution in [3.63, 3.8) is 0 Å². The number of halogens is 1. The molecule has 0 aliphatic heterocycles. The summed E-state index contributed by atoms with van der Waals surface area (Å²) in [4.78, 5) is 11.3. The number of hydrogen-bond donors (Lipinski definition) is 1. The van der Waals surface area contributed by atoms with Crippen LogP contribution in [-0.4, -0.2) is 18.1 Å². The quantitative estimate of drug-likeness (QED) is 0.711. The average Bonchev–Trinajstić information content (AvgIpc) is 2.75. The fourth-order valence-corrected chi connectivity index (χ4v) is 1.80. The first-order valence-electron chi connectivity index (χ1n) is 5.07. The van der Waals surface area contributed by atoms with Crippen LogP contribution in [0.25, 0.3) is 0 Å². The number of rotatable bonds is 3. The van der Waals surface area contributed by atoms with E-state index < -0.39 is 5.67 Å². The van der Waals surface area contributed by atoms with E-state index in [1.807, 2.05) is 0 Å². The van der Waals surface area contributed by atoms with Gasteiger partial charge in [0.25, 0.3) is 0 Å². The molecule has 2 rings (SSSR count). The summed E-state index contributed by atoms with van der Waals surface area (Å²) in [5.41, 5.74) is -1.08. The molecule has 0 aromatic carbocycles. The minimum Gasteiger partial charge on any atom is -0.353 e. The van der Waals surface area contributed by atoms with Crippen LogP contribution in [0.2, 0.25) is 0 Å².